The second kappa shape index (κ2) is 6.62. The minimum absolute atomic E-state index is 0.409. The smallest absolute Gasteiger partial charge is 0.115 e. The van der Waals surface area contributed by atoms with E-state index in [1.54, 1.807) is 0 Å². The molecule has 0 heterocycles. The van der Waals surface area contributed by atoms with Crippen molar-refractivity contribution in [1.82, 2.24) is 5.32 Å². The number of hydrogen-bond donors (Lipinski definition) is 2. The zero-order chi connectivity index (χ0) is 13.8. The van der Waals surface area contributed by atoms with Gasteiger partial charge in [-0.2, -0.15) is 0 Å². The maximum Gasteiger partial charge on any atom is 0.115 e. The van der Waals surface area contributed by atoms with Gasteiger partial charge in [0.2, 0.25) is 0 Å². The fourth-order valence-corrected chi connectivity index (χ4v) is 3.95. The molecule has 0 spiro atoms. The second-order valence-electron chi connectivity index (χ2n) is 6.57. The molecule has 1 unspecified atom stereocenters. The van der Waals surface area contributed by atoms with Crippen molar-refractivity contribution >= 4 is 0 Å². The van der Waals surface area contributed by atoms with Gasteiger partial charge in [0.1, 0.15) is 5.75 Å². The second-order valence-corrected chi connectivity index (χ2v) is 6.57. The largest absolute Gasteiger partial charge is 0.508 e. The molecule has 2 N–H and O–H groups in total. The van der Waals surface area contributed by atoms with Crippen LogP contribution in [0.4, 0.5) is 0 Å². The van der Waals surface area contributed by atoms with E-state index in [0.29, 0.717) is 11.8 Å². The SMILES string of the molecule is Oc1ccc2c(c1)CCCC2NCCC1CCCCC1. The van der Waals surface area contributed by atoms with Gasteiger partial charge in [0.25, 0.3) is 0 Å². The van der Waals surface area contributed by atoms with E-state index in [9.17, 15) is 5.11 Å². The highest BCUT2D eigenvalue weighted by Crippen LogP contribution is 2.32. The molecule has 0 bridgehead atoms. The molecule has 1 aromatic rings. The molecule has 3 rings (SSSR count). The molecule has 2 aliphatic rings. The van der Waals surface area contributed by atoms with Crippen LogP contribution in [0.25, 0.3) is 0 Å². The lowest BCUT2D eigenvalue weighted by molar-refractivity contribution is 0.323. The molecule has 1 aromatic carbocycles. The summed E-state index contributed by atoms with van der Waals surface area (Å²) in [5.74, 6) is 1.37. The van der Waals surface area contributed by atoms with Gasteiger partial charge in [0.15, 0.2) is 0 Å². The summed E-state index contributed by atoms with van der Waals surface area (Å²) in [4.78, 5) is 0. The molecule has 1 saturated carbocycles. The molecule has 1 fully saturated rings. The molecule has 2 aliphatic carbocycles. The first-order valence-electron chi connectivity index (χ1n) is 8.38. The van der Waals surface area contributed by atoms with Gasteiger partial charge in [-0.15, -0.1) is 0 Å². The Balaban J connectivity index is 1.53. The van der Waals surface area contributed by atoms with Crippen molar-refractivity contribution in [2.45, 2.75) is 63.8 Å². The average molecular weight is 273 g/mol. The Morgan fingerprint density at radius 3 is 2.75 bits per heavy atom. The number of phenols is 1. The van der Waals surface area contributed by atoms with Crippen LogP contribution in [0.1, 0.15) is 68.5 Å². The third-order valence-corrected chi connectivity index (χ3v) is 5.11. The van der Waals surface area contributed by atoms with Crippen LogP contribution in [-0.2, 0) is 6.42 Å². The third kappa shape index (κ3) is 3.35. The quantitative estimate of drug-likeness (QED) is 0.856. The Hall–Kier alpha value is -1.02. The number of phenolic OH excluding ortho intramolecular Hbond substituents is 1. The lowest BCUT2D eigenvalue weighted by atomic mass is 9.85. The topological polar surface area (TPSA) is 32.3 Å². The molecule has 2 nitrogen and oxygen atoms in total. The highest BCUT2D eigenvalue weighted by atomic mass is 16.3. The Kier molecular flexibility index (Phi) is 4.62. The van der Waals surface area contributed by atoms with Crippen molar-refractivity contribution in [2.75, 3.05) is 6.54 Å². The summed E-state index contributed by atoms with van der Waals surface area (Å²) in [5.41, 5.74) is 2.75. The summed E-state index contributed by atoms with van der Waals surface area (Å²) in [7, 11) is 0. The Morgan fingerprint density at radius 1 is 1.05 bits per heavy atom. The zero-order valence-corrected chi connectivity index (χ0v) is 12.4. The maximum atomic E-state index is 9.60. The molecule has 2 heteroatoms. The van der Waals surface area contributed by atoms with Crippen LogP contribution in [0.5, 0.6) is 5.75 Å². The van der Waals surface area contributed by atoms with Crippen molar-refractivity contribution in [3.8, 4) is 5.75 Å². The highest BCUT2D eigenvalue weighted by molar-refractivity contribution is 5.38. The van der Waals surface area contributed by atoms with Crippen LogP contribution in [-0.4, -0.2) is 11.7 Å². The van der Waals surface area contributed by atoms with Gasteiger partial charge >= 0.3 is 0 Å². The lowest BCUT2D eigenvalue weighted by Crippen LogP contribution is -2.27. The van der Waals surface area contributed by atoms with Gasteiger partial charge in [-0.3, -0.25) is 0 Å². The van der Waals surface area contributed by atoms with E-state index in [-0.39, 0.29) is 0 Å². The molecule has 0 amide bonds. The predicted octanol–water partition coefficient (Wildman–Crippen LogP) is 4.33. The van der Waals surface area contributed by atoms with Crippen molar-refractivity contribution < 1.29 is 5.11 Å². The number of rotatable bonds is 4. The number of aryl methyl sites for hydroxylation is 1. The third-order valence-electron chi connectivity index (χ3n) is 5.11. The Bertz CT molecular complexity index is 437. The van der Waals surface area contributed by atoms with Crippen molar-refractivity contribution in [3.05, 3.63) is 29.3 Å². The van der Waals surface area contributed by atoms with Gasteiger partial charge in [-0.1, -0.05) is 38.2 Å². The van der Waals surface area contributed by atoms with Gasteiger partial charge in [0, 0.05) is 6.04 Å². The summed E-state index contributed by atoms with van der Waals surface area (Å²) in [6.45, 7) is 1.15. The Morgan fingerprint density at radius 2 is 1.90 bits per heavy atom. The predicted molar refractivity (Wildman–Crippen MR) is 83.0 cm³/mol. The molecule has 110 valence electrons. The molecule has 0 aliphatic heterocycles. The number of fused-ring (bicyclic) bond motifs is 1. The van der Waals surface area contributed by atoms with Crippen LogP contribution in [0, 0.1) is 5.92 Å². The highest BCUT2D eigenvalue weighted by Gasteiger charge is 2.20. The minimum atomic E-state index is 0.409. The Labute approximate surface area is 122 Å². The lowest BCUT2D eigenvalue weighted by Gasteiger charge is -2.28. The summed E-state index contributed by atoms with van der Waals surface area (Å²) in [6.07, 6.45) is 12.1. The van der Waals surface area contributed by atoms with Crippen molar-refractivity contribution in [1.29, 1.82) is 0 Å². The number of nitrogens with one attached hydrogen (secondary N) is 1. The number of benzene rings is 1. The standard InChI is InChI=1S/C18H27NO/c20-16-9-10-17-15(13-16)7-4-8-18(17)19-12-11-14-5-2-1-3-6-14/h9-10,13-14,18-20H,1-8,11-12H2. The number of aromatic hydroxyl groups is 1. The van der Waals surface area contributed by atoms with Gasteiger partial charge < -0.3 is 10.4 Å². The van der Waals surface area contributed by atoms with E-state index in [1.165, 1.54) is 62.5 Å². The summed E-state index contributed by atoms with van der Waals surface area (Å²) in [6, 6.07) is 6.40. The molecular formula is C18H27NO. The average Bonchev–Trinajstić information content (AvgIpc) is 2.48. The molecule has 0 aromatic heterocycles. The van der Waals surface area contributed by atoms with Crippen molar-refractivity contribution in [2.24, 2.45) is 5.92 Å². The van der Waals surface area contributed by atoms with Gasteiger partial charge in [-0.25, -0.2) is 0 Å². The van der Waals surface area contributed by atoms with E-state index in [4.69, 9.17) is 0 Å². The van der Waals surface area contributed by atoms with Gasteiger partial charge in [-0.05, 0) is 61.4 Å². The van der Waals surface area contributed by atoms with E-state index < -0.39 is 0 Å². The monoisotopic (exact) mass is 273 g/mol. The van der Waals surface area contributed by atoms with Crippen molar-refractivity contribution in [3.63, 3.8) is 0 Å². The normalized spacial score (nSPS) is 23.5. The summed E-state index contributed by atoms with van der Waals surface area (Å²) < 4.78 is 0. The molecule has 20 heavy (non-hydrogen) atoms. The minimum Gasteiger partial charge on any atom is -0.508 e. The first kappa shape index (κ1) is 13.9. The first-order valence-corrected chi connectivity index (χ1v) is 8.38. The molecule has 1 atom stereocenters. The van der Waals surface area contributed by atoms with Crippen LogP contribution in [0.3, 0.4) is 0 Å². The van der Waals surface area contributed by atoms with Crippen LogP contribution in [0.2, 0.25) is 0 Å². The number of hydrogen-bond acceptors (Lipinski definition) is 2. The summed E-state index contributed by atoms with van der Waals surface area (Å²) >= 11 is 0. The van der Waals surface area contributed by atoms with Crippen LogP contribution >= 0.6 is 0 Å². The molecular weight excluding hydrogens is 246 g/mol. The molecule has 0 radical (unpaired) electrons. The van der Waals surface area contributed by atoms with E-state index in [1.807, 2.05) is 12.1 Å². The van der Waals surface area contributed by atoms with Crippen LogP contribution in [0.15, 0.2) is 18.2 Å². The maximum absolute atomic E-state index is 9.60. The van der Waals surface area contributed by atoms with E-state index in [0.717, 1.165) is 18.9 Å². The summed E-state index contributed by atoms with van der Waals surface area (Å²) in [5, 5.41) is 13.4. The van der Waals surface area contributed by atoms with E-state index in [2.05, 4.69) is 11.4 Å². The van der Waals surface area contributed by atoms with E-state index >= 15 is 0 Å². The van der Waals surface area contributed by atoms with Gasteiger partial charge in [0.05, 0.1) is 0 Å². The van der Waals surface area contributed by atoms with Crippen LogP contribution < -0.4 is 5.32 Å². The molecule has 0 saturated heterocycles. The fourth-order valence-electron chi connectivity index (χ4n) is 3.95. The fraction of sp³-hybridized carbons (Fsp3) is 0.667. The first-order chi connectivity index (χ1) is 9.83. The zero-order valence-electron chi connectivity index (χ0n) is 12.4.